The first kappa shape index (κ1) is 28.8. The molecule has 2 aromatic heterocycles. The maximum atomic E-state index is 14.6. The van der Waals surface area contributed by atoms with Crippen molar-refractivity contribution in [2.45, 2.75) is 0 Å². The lowest BCUT2D eigenvalue weighted by molar-refractivity contribution is 0.548. The van der Waals surface area contributed by atoms with Crippen LogP contribution in [0.4, 0.5) is 30.2 Å². The predicted octanol–water partition coefficient (Wildman–Crippen LogP) is 13.6. The molecule has 9 aromatic rings. The number of rotatable bonds is 5. The van der Waals surface area contributed by atoms with Crippen molar-refractivity contribution in [2.75, 3.05) is 4.90 Å². The van der Waals surface area contributed by atoms with Gasteiger partial charge in [-0.1, -0.05) is 78.9 Å². The summed E-state index contributed by atoms with van der Waals surface area (Å²) in [7, 11) is 0. The Balaban J connectivity index is 1.15. The van der Waals surface area contributed by atoms with Gasteiger partial charge in [-0.05, 0) is 71.3 Å². The number of anilines is 3. The van der Waals surface area contributed by atoms with Crippen molar-refractivity contribution in [1.29, 1.82) is 0 Å². The largest absolute Gasteiger partial charge is 0.311 e. The number of para-hydroxylation sites is 1. The van der Waals surface area contributed by atoms with Crippen molar-refractivity contribution >= 4 is 80.1 Å². The minimum Gasteiger partial charge on any atom is -0.311 e. The van der Waals surface area contributed by atoms with E-state index in [1.807, 2.05) is 65.1 Å². The molecule has 0 aliphatic carbocycles. The van der Waals surface area contributed by atoms with Crippen LogP contribution in [0.25, 0.3) is 62.6 Å². The molecule has 2 heterocycles. The zero-order chi connectivity index (χ0) is 32.4. The number of nitrogens with zero attached hydrogens (tertiary/aromatic N) is 1. The topological polar surface area (TPSA) is 3.24 Å². The average Bonchev–Trinajstić information content (AvgIpc) is 3.68. The van der Waals surface area contributed by atoms with Crippen molar-refractivity contribution < 1.29 is 13.2 Å². The summed E-state index contributed by atoms with van der Waals surface area (Å²) in [5, 5.41) is 5.18. The zero-order valence-electron chi connectivity index (χ0n) is 25.3. The van der Waals surface area contributed by atoms with E-state index in [4.69, 9.17) is 0 Å². The Hall–Kier alpha value is -5.43. The van der Waals surface area contributed by atoms with Gasteiger partial charge in [-0.15, -0.1) is 22.7 Å². The predicted molar refractivity (Wildman–Crippen MR) is 198 cm³/mol. The Bertz CT molecular complexity index is 2620. The summed E-state index contributed by atoms with van der Waals surface area (Å²) in [4.78, 5) is 2.10. The van der Waals surface area contributed by atoms with Gasteiger partial charge in [0.25, 0.3) is 0 Å². The summed E-state index contributed by atoms with van der Waals surface area (Å²) < 4.78 is 47.8. The summed E-state index contributed by atoms with van der Waals surface area (Å²) in [6.07, 6.45) is 0. The Kier molecular flexibility index (Phi) is 6.81. The summed E-state index contributed by atoms with van der Waals surface area (Å²) >= 11 is 3.69. The van der Waals surface area contributed by atoms with Gasteiger partial charge < -0.3 is 4.90 Å². The number of halogens is 3. The molecule has 0 fully saturated rings. The van der Waals surface area contributed by atoms with Crippen LogP contribution in [0, 0.1) is 17.5 Å². The van der Waals surface area contributed by atoms with E-state index in [0.717, 1.165) is 22.6 Å². The first-order valence-electron chi connectivity index (χ1n) is 15.5. The van der Waals surface area contributed by atoms with Gasteiger partial charge in [-0.2, -0.15) is 0 Å². The van der Waals surface area contributed by atoms with Crippen LogP contribution in [0.1, 0.15) is 0 Å². The quantitative estimate of drug-likeness (QED) is 0.177. The minimum absolute atomic E-state index is 0.249. The molecule has 7 aromatic carbocycles. The van der Waals surface area contributed by atoms with Gasteiger partial charge in [-0.3, -0.25) is 0 Å². The van der Waals surface area contributed by atoms with E-state index in [9.17, 15) is 13.2 Å². The van der Waals surface area contributed by atoms with Gasteiger partial charge in [0.15, 0.2) is 0 Å². The van der Waals surface area contributed by atoms with E-state index in [0.29, 0.717) is 17.7 Å². The molecular weight excluding hydrogens is 640 g/mol. The molecule has 0 radical (unpaired) electrons. The lowest BCUT2D eigenvalue weighted by Crippen LogP contribution is -2.09. The van der Waals surface area contributed by atoms with Crippen LogP contribution in [0.15, 0.2) is 146 Å². The molecule has 0 atom stereocenters. The third-order valence-corrected chi connectivity index (χ3v) is 11.2. The van der Waals surface area contributed by atoms with E-state index in [2.05, 4.69) is 83.8 Å². The fourth-order valence-corrected chi connectivity index (χ4v) is 9.20. The van der Waals surface area contributed by atoms with Crippen molar-refractivity contribution in [3.05, 3.63) is 163 Å². The molecule has 0 spiro atoms. The van der Waals surface area contributed by atoms with Gasteiger partial charge in [0.2, 0.25) is 0 Å². The summed E-state index contributed by atoms with van der Waals surface area (Å²) in [5.41, 5.74) is 5.09. The molecule has 0 bridgehead atoms. The molecule has 0 unspecified atom stereocenters. The first-order chi connectivity index (χ1) is 23.5. The summed E-state index contributed by atoms with van der Waals surface area (Å²) in [6.45, 7) is 0. The molecule has 0 aliphatic rings. The molecule has 6 heteroatoms. The van der Waals surface area contributed by atoms with Gasteiger partial charge in [0.1, 0.15) is 17.5 Å². The number of thiophene rings is 2. The zero-order valence-corrected chi connectivity index (χ0v) is 26.9. The van der Waals surface area contributed by atoms with Crippen LogP contribution in [-0.2, 0) is 0 Å². The van der Waals surface area contributed by atoms with Gasteiger partial charge in [0, 0.05) is 69.5 Å². The Morgan fingerprint density at radius 3 is 1.77 bits per heavy atom. The van der Waals surface area contributed by atoms with Crippen molar-refractivity contribution in [3.8, 4) is 22.3 Å². The van der Waals surface area contributed by atoms with E-state index in [1.54, 1.807) is 12.1 Å². The molecular formula is C42H24F3NS2. The van der Waals surface area contributed by atoms with Crippen LogP contribution < -0.4 is 4.90 Å². The van der Waals surface area contributed by atoms with Crippen LogP contribution in [0.2, 0.25) is 0 Å². The molecule has 230 valence electrons. The van der Waals surface area contributed by atoms with Crippen LogP contribution in [-0.4, -0.2) is 0 Å². The smallest absolute Gasteiger partial charge is 0.136 e. The molecule has 48 heavy (non-hydrogen) atoms. The maximum absolute atomic E-state index is 14.6. The SMILES string of the molecule is Fc1cc(F)c(-c2ccc(N(c3ccccc3)c3ccc(-c4cccc5sc6ccc7c8ccccc8sc7c6c45)cc3)cc2)c(F)c1. The van der Waals surface area contributed by atoms with E-state index in [-0.39, 0.29) is 5.56 Å². The summed E-state index contributed by atoms with van der Waals surface area (Å²) in [6, 6.07) is 46.6. The van der Waals surface area contributed by atoms with E-state index < -0.39 is 17.5 Å². The number of benzene rings is 7. The van der Waals surface area contributed by atoms with Gasteiger partial charge in [-0.25, -0.2) is 13.2 Å². The maximum Gasteiger partial charge on any atom is 0.136 e. The highest BCUT2D eigenvalue weighted by atomic mass is 32.1. The number of fused-ring (bicyclic) bond motifs is 7. The third kappa shape index (κ3) is 4.67. The normalized spacial score (nSPS) is 11.6. The lowest BCUT2D eigenvalue weighted by atomic mass is 9.98. The highest BCUT2D eigenvalue weighted by Gasteiger charge is 2.19. The standard InChI is InChI=1S/C42H24F3NS2/c43-27-23-34(44)39(35(45)24-27)26-15-19-30(20-16-26)46(28-7-2-1-3-8-28)29-17-13-25(14-18-29)31-10-6-12-37-40(31)41-38(47-37)22-21-33-32-9-4-5-11-36(32)48-42(33)41/h1-24H. The minimum atomic E-state index is -0.944. The Labute approximate surface area is 282 Å². The second-order valence-corrected chi connectivity index (χ2v) is 13.8. The number of hydrogen-bond acceptors (Lipinski definition) is 3. The van der Waals surface area contributed by atoms with Gasteiger partial charge in [0.05, 0.1) is 5.56 Å². The van der Waals surface area contributed by atoms with Crippen molar-refractivity contribution in [2.24, 2.45) is 0 Å². The molecule has 0 saturated heterocycles. The fourth-order valence-electron chi connectivity index (χ4n) is 6.74. The fraction of sp³-hybridized carbons (Fsp3) is 0. The molecule has 0 amide bonds. The van der Waals surface area contributed by atoms with Gasteiger partial charge >= 0.3 is 0 Å². The molecule has 9 rings (SSSR count). The monoisotopic (exact) mass is 663 g/mol. The van der Waals surface area contributed by atoms with E-state index in [1.165, 1.54) is 45.9 Å². The highest BCUT2D eigenvalue weighted by molar-refractivity contribution is 7.29. The lowest BCUT2D eigenvalue weighted by Gasteiger charge is -2.26. The van der Waals surface area contributed by atoms with Crippen LogP contribution in [0.3, 0.4) is 0 Å². The second kappa shape index (κ2) is 11.4. The average molecular weight is 664 g/mol. The first-order valence-corrected chi connectivity index (χ1v) is 17.1. The molecule has 1 nitrogen and oxygen atoms in total. The second-order valence-electron chi connectivity index (χ2n) is 11.7. The molecule has 0 saturated carbocycles. The summed E-state index contributed by atoms with van der Waals surface area (Å²) in [5.74, 6) is -2.81. The molecule has 0 aliphatic heterocycles. The van der Waals surface area contributed by atoms with Crippen molar-refractivity contribution in [3.63, 3.8) is 0 Å². The third-order valence-electron chi connectivity index (χ3n) is 8.88. The molecule has 0 N–H and O–H groups in total. The van der Waals surface area contributed by atoms with E-state index >= 15 is 0 Å². The van der Waals surface area contributed by atoms with Crippen molar-refractivity contribution in [1.82, 2.24) is 0 Å². The van der Waals surface area contributed by atoms with Crippen LogP contribution >= 0.6 is 22.7 Å². The Morgan fingerprint density at radius 1 is 0.438 bits per heavy atom. The Morgan fingerprint density at radius 2 is 1.04 bits per heavy atom. The van der Waals surface area contributed by atoms with Crippen LogP contribution in [0.5, 0.6) is 0 Å². The number of hydrogen-bond donors (Lipinski definition) is 0. The highest BCUT2D eigenvalue weighted by Crippen LogP contribution is 2.47.